The highest BCUT2D eigenvalue weighted by atomic mass is 16.5. The zero-order chi connectivity index (χ0) is 18.4. The van der Waals surface area contributed by atoms with Crippen LogP contribution in [-0.4, -0.2) is 24.6 Å². The number of carbonyl (C=O) groups excluding carboxylic acids is 2. The molecule has 0 aromatic rings. The highest BCUT2D eigenvalue weighted by molar-refractivity contribution is 5.69. The molecule has 0 atom stereocenters. The molecule has 0 N–H and O–H groups in total. The number of ether oxygens (including phenoxy) is 2. The quantitative estimate of drug-likeness (QED) is 0.318. The molecule has 142 valence electrons. The fraction of sp³-hybridized carbons (Fsp3) is 0.900. The van der Waals surface area contributed by atoms with Crippen molar-refractivity contribution in [2.45, 2.75) is 98.5 Å². The number of unbranched alkanes of at least 4 members (excludes halogenated alkanes) is 5. The van der Waals surface area contributed by atoms with Crippen LogP contribution < -0.4 is 0 Å². The number of hydrogen-bond acceptors (Lipinski definition) is 4. The lowest BCUT2D eigenvalue weighted by atomic mass is 9.96. The van der Waals surface area contributed by atoms with Crippen molar-refractivity contribution in [2.24, 2.45) is 11.8 Å². The zero-order valence-corrected chi connectivity index (χ0v) is 16.4. The summed E-state index contributed by atoms with van der Waals surface area (Å²) in [6, 6.07) is 0. The minimum absolute atomic E-state index is 0.0185. The molecule has 0 fully saturated rings. The Bertz CT molecular complexity index is 329. The first-order valence-electron chi connectivity index (χ1n) is 9.73. The van der Waals surface area contributed by atoms with Crippen LogP contribution in [0.4, 0.5) is 0 Å². The van der Waals surface area contributed by atoms with Gasteiger partial charge in [0.2, 0.25) is 0 Å². The van der Waals surface area contributed by atoms with Gasteiger partial charge in [0.1, 0.15) is 6.10 Å². The predicted octanol–water partition coefficient (Wildman–Crippen LogP) is 5.28. The third kappa shape index (κ3) is 12.4. The lowest BCUT2D eigenvalue weighted by Gasteiger charge is -2.24. The summed E-state index contributed by atoms with van der Waals surface area (Å²) in [5, 5.41) is 0. The van der Waals surface area contributed by atoms with E-state index < -0.39 is 0 Å². The second-order valence-corrected chi connectivity index (χ2v) is 7.28. The number of carbonyl (C=O) groups is 2. The molecule has 4 heteroatoms. The molecule has 0 bridgehead atoms. The van der Waals surface area contributed by atoms with Crippen LogP contribution in [0.2, 0.25) is 0 Å². The van der Waals surface area contributed by atoms with Gasteiger partial charge in [-0.2, -0.15) is 0 Å². The summed E-state index contributed by atoms with van der Waals surface area (Å²) in [6.07, 6.45) is 8.03. The first-order valence-corrected chi connectivity index (χ1v) is 9.73. The van der Waals surface area contributed by atoms with E-state index in [1.165, 1.54) is 0 Å². The first-order chi connectivity index (χ1) is 11.4. The van der Waals surface area contributed by atoms with Crippen molar-refractivity contribution in [3.8, 4) is 0 Å². The predicted molar refractivity (Wildman–Crippen MR) is 97.7 cm³/mol. The van der Waals surface area contributed by atoms with Gasteiger partial charge in [-0.15, -0.1) is 0 Å². The molecule has 0 amide bonds. The van der Waals surface area contributed by atoms with Crippen molar-refractivity contribution >= 4 is 11.9 Å². The minimum atomic E-state index is -0.0792. The van der Waals surface area contributed by atoms with Gasteiger partial charge in [0.25, 0.3) is 0 Å². The van der Waals surface area contributed by atoms with E-state index in [-0.39, 0.29) is 18.0 Å². The van der Waals surface area contributed by atoms with Gasteiger partial charge in [0.15, 0.2) is 0 Å². The third-order valence-corrected chi connectivity index (χ3v) is 4.06. The monoisotopic (exact) mass is 342 g/mol. The molecule has 0 saturated carbocycles. The summed E-state index contributed by atoms with van der Waals surface area (Å²) in [5.74, 6) is 0.571. The van der Waals surface area contributed by atoms with E-state index in [1.807, 2.05) is 6.92 Å². The molecule has 0 unspecified atom stereocenters. The summed E-state index contributed by atoms with van der Waals surface area (Å²) < 4.78 is 10.6. The minimum Gasteiger partial charge on any atom is -0.466 e. The van der Waals surface area contributed by atoms with Crippen molar-refractivity contribution in [1.29, 1.82) is 0 Å². The van der Waals surface area contributed by atoms with Crippen LogP contribution in [0.5, 0.6) is 0 Å². The van der Waals surface area contributed by atoms with Crippen LogP contribution in [0.1, 0.15) is 92.4 Å². The maximum absolute atomic E-state index is 11.9. The molecule has 0 spiro atoms. The molecule has 0 rings (SSSR count). The summed E-state index contributed by atoms with van der Waals surface area (Å²) in [6.45, 7) is 10.9. The first kappa shape index (κ1) is 22.9. The van der Waals surface area contributed by atoms with Crippen LogP contribution in [0, 0.1) is 11.8 Å². The average molecular weight is 343 g/mol. The maximum atomic E-state index is 11.9. The van der Waals surface area contributed by atoms with Gasteiger partial charge in [-0.1, -0.05) is 60.3 Å². The van der Waals surface area contributed by atoms with Crippen molar-refractivity contribution in [2.75, 3.05) is 6.61 Å². The van der Waals surface area contributed by atoms with Gasteiger partial charge in [-0.05, 0) is 31.1 Å². The Kier molecular flexibility index (Phi) is 13.7. The topological polar surface area (TPSA) is 52.6 Å². The fourth-order valence-electron chi connectivity index (χ4n) is 2.79. The Balaban J connectivity index is 3.56. The lowest BCUT2D eigenvalue weighted by Crippen LogP contribution is -2.28. The Morgan fingerprint density at radius 3 is 1.67 bits per heavy atom. The van der Waals surface area contributed by atoms with Crippen LogP contribution in [0.15, 0.2) is 0 Å². The van der Waals surface area contributed by atoms with E-state index in [9.17, 15) is 9.59 Å². The van der Waals surface area contributed by atoms with E-state index in [0.717, 1.165) is 44.9 Å². The Labute approximate surface area is 148 Å². The molecular weight excluding hydrogens is 304 g/mol. The lowest BCUT2D eigenvalue weighted by molar-refractivity contribution is -0.154. The molecular formula is C20H38O4. The largest absolute Gasteiger partial charge is 0.466 e. The molecule has 0 aliphatic rings. The van der Waals surface area contributed by atoms with Gasteiger partial charge >= 0.3 is 11.9 Å². The molecule has 0 heterocycles. The Morgan fingerprint density at radius 1 is 0.750 bits per heavy atom. The summed E-state index contributed by atoms with van der Waals surface area (Å²) >= 11 is 0. The van der Waals surface area contributed by atoms with Crippen LogP contribution in [0.25, 0.3) is 0 Å². The molecule has 0 aliphatic carbocycles. The molecule has 24 heavy (non-hydrogen) atoms. The van der Waals surface area contributed by atoms with Crippen LogP contribution in [-0.2, 0) is 19.1 Å². The molecule has 0 aliphatic heterocycles. The van der Waals surface area contributed by atoms with Gasteiger partial charge in [-0.25, -0.2) is 0 Å². The second kappa shape index (κ2) is 14.3. The smallest absolute Gasteiger partial charge is 0.306 e. The Hall–Kier alpha value is -1.06. The van der Waals surface area contributed by atoms with Crippen molar-refractivity contribution < 1.29 is 19.1 Å². The molecule has 4 nitrogen and oxygen atoms in total. The normalized spacial score (nSPS) is 11.3. The van der Waals surface area contributed by atoms with Crippen molar-refractivity contribution in [3.05, 3.63) is 0 Å². The van der Waals surface area contributed by atoms with Crippen molar-refractivity contribution in [3.63, 3.8) is 0 Å². The van der Waals surface area contributed by atoms with Gasteiger partial charge < -0.3 is 9.47 Å². The average Bonchev–Trinajstić information content (AvgIpc) is 2.52. The standard InChI is InChI=1S/C20H38O4/c1-6-15-23-18(21)13-11-9-7-8-10-12-14-19(22)24-20(16(2)3)17(4)5/h16-17,20H,6-15H2,1-5H3. The number of esters is 2. The fourth-order valence-corrected chi connectivity index (χ4v) is 2.79. The number of hydrogen-bond donors (Lipinski definition) is 0. The molecule has 0 aromatic heterocycles. The number of rotatable bonds is 14. The van der Waals surface area contributed by atoms with Gasteiger partial charge in [0, 0.05) is 12.8 Å². The SMILES string of the molecule is CCCOC(=O)CCCCCCCCC(=O)OC(C(C)C)C(C)C. The highest BCUT2D eigenvalue weighted by Crippen LogP contribution is 2.18. The van der Waals surface area contributed by atoms with Gasteiger partial charge in [-0.3, -0.25) is 9.59 Å². The summed E-state index contributed by atoms with van der Waals surface area (Å²) in [7, 11) is 0. The van der Waals surface area contributed by atoms with Crippen LogP contribution >= 0.6 is 0 Å². The zero-order valence-electron chi connectivity index (χ0n) is 16.4. The van der Waals surface area contributed by atoms with E-state index in [1.54, 1.807) is 0 Å². The maximum Gasteiger partial charge on any atom is 0.306 e. The molecule has 0 aromatic carbocycles. The molecule has 0 saturated heterocycles. The Morgan fingerprint density at radius 2 is 1.21 bits per heavy atom. The van der Waals surface area contributed by atoms with Crippen LogP contribution in [0.3, 0.4) is 0 Å². The third-order valence-electron chi connectivity index (χ3n) is 4.06. The highest BCUT2D eigenvalue weighted by Gasteiger charge is 2.21. The van der Waals surface area contributed by atoms with E-state index in [4.69, 9.17) is 9.47 Å². The van der Waals surface area contributed by atoms with Crippen molar-refractivity contribution in [1.82, 2.24) is 0 Å². The molecule has 0 radical (unpaired) electrons. The summed E-state index contributed by atoms with van der Waals surface area (Å²) in [4.78, 5) is 23.2. The van der Waals surface area contributed by atoms with E-state index in [2.05, 4.69) is 27.7 Å². The van der Waals surface area contributed by atoms with E-state index in [0.29, 0.717) is 31.3 Å². The van der Waals surface area contributed by atoms with Gasteiger partial charge in [0.05, 0.1) is 6.61 Å². The second-order valence-electron chi connectivity index (χ2n) is 7.28. The summed E-state index contributed by atoms with van der Waals surface area (Å²) in [5.41, 5.74) is 0. The van der Waals surface area contributed by atoms with E-state index >= 15 is 0 Å².